The maximum atomic E-state index is 12.3. The Morgan fingerprint density at radius 3 is 3.00 bits per heavy atom. The van der Waals surface area contributed by atoms with Crippen LogP contribution in [0.25, 0.3) is 0 Å². The van der Waals surface area contributed by atoms with Crippen LogP contribution in [-0.4, -0.2) is 35.8 Å². The van der Waals surface area contributed by atoms with E-state index in [1.807, 2.05) is 42.5 Å². The van der Waals surface area contributed by atoms with E-state index in [1.54, 1.807) is 4.90 Å². The number of ether oxygens (including phenoxy) is 1. The lowest BCUT2D eigenvalue weighted by molar-refractivity contribution is 0.0851. The number of carbonyl (C=O) groups excluding carboxylic acids is 1. The second kappa shape index (κ2) is 7.78. The number of piperidine rings is 1. The van der Waals surface area contributed by atoms with E-state index in [9.17, 15) is 4.79 Å². The van der Waals surface area contributed by atoms with E-state index < -0.39 is 0 Å². The molecular formula is C19H21N3O2. The predicted molar refractivity (Wildman–Crippen MR) is 91.5 cm³/mol. The van der Waals surface area contributed by atoms with Crippen molar-refractivity contribution >= 4 is 11.8 Å². The molecule has 2 atom stereocenters. The molecule has 0 saturated carbocycles. The van der Waals surface area contributed by atoms with Gasteiger partial charge < -0.3 is 9.64 Å². The van der Waals surface area contributed by atoms with E-state index in [2.05, 4.69) is 11.1 Å². The van der Waals surface area contributed by atoms with Gasteiger partial charge in [-0.3, -0.25) is 4.99 Å². The van der Waals surface area contributed by atoms with E-state index in [0.717, 1.165) is 24.1 Å². The second-order valence-electron chi connectivity index (χ2n) is 6.16. The van der Waals surface area contributed by atoms with Crippen molar-refractivity contribution in [1.82, 2.24) is 4.90 Å². The molecule has 5 heteroatoms. The van der Waals surface area contributed by atoms with E-state index in [1.165, 1.54) is 0 Å². The minimum absolute atomic E-state index is 0.190. The van der Waals surface area contributed by atoms with Crippen LogP contribution < -0.4 is 0 Å². The Balaban J connectivity index is 1.57. The first-order valence-corrected chi connectivity index (χ1v) is 8.35. The molecule has 0 radical (unpaired) electrons. The number of allylic oxidation sites excluding steroid dienone is 1. The van der Waals surface area contributed by atoms with Gasteiger partial charge in [0.15, 0.2) is 0 Å². The topological polar surface area (TPSA) is 65.7 Å². The number of hydrogen-bond acceptors (Lipinski definition) is 4. The highest BCUT2D eigenvalue weighted by atomic mass is 16.6. The lowest BCUT2D eigenvalue weighted by Gasteiger charge is -2.32. The highest BCUT2D eigenvalue weighted by Gasteiger charge is 2.28. The summed E-state index contributed by atoms with van der Waals surface area (Å²) < 4.78 is 5.42. The van der Waals surface area contributed by atoms with Crippen LogP contribution in [0.1, 0.15) is 24.8 Å². The fourth-order valence-corrected chi connectivity index (χ4v) is 3.11. The molecule has 1 fully saturated rings. The molecule has 2 unspecified atom stereocenters. The fourth-order valence-electron chi connectivity index (χ4n) is 3.11. The van der Waals surface area contributed by atoms with Gasteiger partial charge in [0.25, 0.3) is 0 Å². The highest BCUT2D eigenvalue weighted by Crippen LogP contribution is 2.22. The molecule has 2 aliphatic heterocycles. The Kier molecular flexibility index (Phi) is 5.27. The molecule has 0 N–H and O–H groups in total. The zero-order valence-corrected chi connectivity index (χ0v) is 13.6. The maximum Gasteiger partial charge on any atom is 0.410 e. The predicted octanol–water partition coefficient (Wildman–Crippen LogP) is 3.33. The van der Waals surface area contributed by atoms with Gasteiger partial charge in [-0.25, -0.2) is 4.79 Å². The van der Waals surface area contributed by atoms with Crippen molar-refractivity contribution in [3.05, 3.63) is 48.0 Å². The third-order valence-corrected chi connectivity index (χ3v) is 4.40. The summed E-state index contributed by atoms with van der Waals surface area (Å²) in [5, 5.41) is 9.05. The molecule has 2 aliphatic rings. The van der Waals surface area contributed by atoms with Crippen molar-refractivity contribution in [3.8, 4) is 6.07 Å². The van der Waals surface area contributed by atoms with Gasteiger partial charge in [-0.15, -0.1) is 0 Å². The van der Waals surface area contributed by atoms with Gasteiger partial charge >= 0.3 is 6.09 Å². The fraction of sp³-hybridized carbons (Fsp3) is 0.421. The van der Waals surface area contributed by atoms with Crippen molar-refractivity contribution < 1.29 is 9.53 Å². The van der Waals surface area contributed by atoms with Crippen LogP contribution in [0.4, 0.5) is 4.79 Å². The molecule has 5 nitrogen and oxygen atoms in total. The summed E-state index contributed by atoms with van der Waals surface area (Å²) >= 11 is 0. The van der Waals surface area contributed by atoms with Gasteiger partial charge in [-0.2, -0.15) is 5.26 Å². The summed E-state index contributed by atoms with van der Waals surface area (Å²) in [6.45, 7) is 1.61. The van der Waals surface area contributed by atoms with Crippen LogP contribution in [0, 0.1) is 17.2 Å². The third kappa shape index (κ3) is 4.02. The largest absolute Gasteiger partial charge is 0.445 e. The van der Waals surface area contributed by atoms with E-state index in [-0.39, 0.29) is 24.7 Å². The van der Waals surface area contributed by atoms with Crippen molar-refractivity contribution in [3.63, 3.8) is 0 Å². The normalized spacial score (nSPS) is 23.3. The highest BCUT2D eigenvalue weighted by molar-refractivity contribution is 5.98. The minimum atomic E-state index is -0.287. The first-order valence-electron chi connectivity index (χ1n) is 8.35. The number of hydrogen-bond donors (Lipinski definition) is 0. The van der Waals surface area contributed by atoms with Crippen LogP contribution in [0.5, 0.6) is 0 Å². The summed E-state index contributed by atoms with van der Waals surface area (Å²) in [6.07, 6.45) is 6.31. The zero-order chi connectivity index (χ0) is 16.8. The van der Waals surface area contributed by atoms with Gasteiger partial charge in [0.2, 0.25) is 0 Å². The smallest absolute Gasteiger partial charge is 0.410 e. The molecule has 1 amide bonds. The number of amides is 1. The van der Waals surface area contributed by atoms with Gasteiger partial charge in [0.1, 0.15) is 12.6 Å². The van der Waals surface area contributed by atoms with Crippen molar-refractivity contribution in [1.29, 1.82) is 5.26 Å². The molecule has 1 aromatic carbocycles. The molecule has 0 aliphatic carbocycles. The lowest BCUT2D eigenvalue weighted by atomic mass is 9.91. The molecular weight excluding hydrogens is 302 g/mol. The molecule has 0 aromatic heterocycles. The molecule has 24 heavy (non-hydrogen) atoms. The molecule has 1 saturated heterocycles. The van der Waals surface area contributed by atoms with Crippen LogP contribution >= 0.6 is 0 Å². The van der Waals surface area contributed by atoms with Crippen molar-refractivity contribution in [2.45, 2.75) is 31.9 Å². The lowest BCUT2D eigenvalue weighted by Crippen LogP contribution is -2.42. The van der Waals surface area contributed by atoms with Crippen molar-refractivity contribution in [2.24, 2.45) is 10.9 Å². The molecule has 1 aromatic rings. The number of carbonyl (C=O) groups is 1. The first kappa shape index (κ1) is 16.3. The summed E-state index contributed by atoms with van der Waals surface area (Å²) in [5.41, 5.74) is 1.92. The monoisotopic (exact) mass is 323 g/mol. The van der Waals surface area contributed by atoms with Gasteiger partial charge in [0.05, 0.1) is 6.07 Å². The Labute approximate surface area is 142 Å². The molecule has 124 valence electrons. The SMILES string of the molecule is N#CC1CC=CC(C2CCCN(C(=O)OCc3ccccc3)C2)=N1. The Bertz CT molecular complexity index is 676. The third-order valence-electron chi connectivity index (χ3n) is 4.40. The number of dihydropyridines is 1. The van der Waals surface area contributed by atoms with Crippen LogP contribution in [0.2, 0.25) is 0 Å². The number of benzene rings is 1. The van der Waals surface area contributed by atoms with Crippen LogP contribution in [-0.2, 0) is 11.3 Å². The summed E-state index contributed by atoms with van der Waals surface area (Å²) in [6, 6.07) is 11.6. The maximum absolute atomic E-state index is 12.3. The standard InChI is InChI=1S/C19H21N3O2/c20-12-17-9-4-10-18(21-17)16-8-5-11-22(13-16)19(23)24-14-15-6-2-1-3-7-15/h1-4,6-7,10,16-17H,5,8-9,11,13-14H2. The molecule has 0 bridgehead atoms. The minimum Gasteiger partial charge on any atom is -0.445 e. The summed E-state index contributed by atoms with van der Waals surface area (Å²) in [5.74, 6) is 0.190. The Morgan fingerprint density at radius 2 is 2.21 bits per heavy atom. The summed E-state index contributed by atoms with van der Waals surface area (Å²) in [4.78, 5) is 18.6. The van der Waals surface area contributed by atoms with Gasteiger partial charge in [-0.05, 0) is 24.5 Å². The number of nitriles is 1. The van der Waals surface area contributed by atoms with Gasteiger partial charge in [0, 0.05) is 31.1 Å². The molecule has 3 rings (SSSR count). The van der Waals surface area contributed by atoms with E-state index in [0.29, 0.717) is 19.5 Å². The van der Waals surface area contributed by atoms with E-state index in [4.69, 9.17) is 10.00 Å². The van der Waals surface area contributed by atoms with Crippen LogP contribution in [0.15, 0.2) is 47.5 Å². The van der Waals surface area contributed by atoms with Crippen molar-refractivity contribution in [2.75, 3.05) is 13.1 Å². The van der Waals surface area contributed by atoms with E-state index >= 15 is 0 Å². The number of likely N-dealkylation sites (tertiary alicyclic amines) is 1. The van der Waals surface area contributed by atoms with Crippen LogP contribution in [0.3, 0.4) is 0 Å². The average Bonchev–Trinajstić information content (AvgIpc) is 2.67. The summed E-state index contributed by atoms with van der Waals surface area (Å²) in [7, 11) is 0. The number of aliphatic imine (C=N–C) groups is 1. The zero-order valence-electron chi connectivity index (χ0n) is 13.6. The Morgan fingerprint density at radius 1 is 1.38 bits per heavy atom. The quantitative estimate of drug-likeness (QED) is 0.857. The first-order chi connectivity index (χ1) is 11.8. The average molecular weight is 323 g/mol. The van der Waals surface area contributed by atoms with Gasteiger partial charge in [-0.1, -0.05) is 36.4 Å². The number of rotatable bonds is 3. The molecule has 0 spiro atoms. The Hall–Kier alpha value is -2.61. The number of nitrogens with zero attached hydrogens (tertiary/aromatic N) is 3. The molecule has 2 heterocycles. The second-order valence-corrected chi connectivity index (χ2v) is 6.16.